The van der Waals surface area contributed by atoms with Crippen LogP contribution in [0.15, 0.2) is 45.6 Å². The first-order chi connectivity index (χ1) is 15.7. The monoisotopic (exact) mass is 449 g/mol. The zero-order valence-corrected chi connectivity index (χ0v) is 19.7. The Labute approximate surface area is 192 Å². The summed E-state index contributed by atoms with van der Waals surface area (Å²) in [5.74, 6) is -0.611. The average molecular weight is 450 g/mol. The van der Waals surface area contributed by atoms with Gasteiger partial charge in [0, 0.05) is 13.0 Å². The van der Waals surface area contributed by atoms with Crippen LogP contribution in [-0.2, 0) is 4.74 Å². The maximum atomic E-state index is 13.6. The van der Waals surface area contributed by atoms with E-state index in [0.717, 1.165) is 29.7 Å². The number of carbonyl (C=O) groups excluding carboxylic acids is 2. The molecule has 1 amide bonds. The number of amides is 1. The fraction of sp³-hybridized carbons (Fsp3) is 0.346. The number of carbonyl (C=O) groups is 2. The molecule has 172 valence electrons. The summed E-state index contributed by atoms with van der Waals surface area (Å²) in [4.78, 5) is 41.9. The van der Waals surface area contributed by atoms with Gasteiger partial charge in [0.25, 0.3) is 5.91 Å². The second kappa shape index (κ2) is 8.83. The number of rotatable bonds is 6. The van der Waals surface area contributed by atoms with Crippen LogP contribution >= 0.6 is 0 Å². The molecule has 0 aliphatic carbocycles. The molecule has 0 saturated carbocycles. The largest absolute Gasteiger partial charge is 0.465 e. The fourth-order valence-corrected chi connectivity index (χ4v) is 4.38. The standard InChI is InChI=1S/C26H28N2O5/c1-15-13-19-20(14-16(15)2)33-24-21(23(19)29)22(28(25(24)30)12-6-11-27(3)4)17-7-9-18(10-8-17)26(31)32-5/h7-10,13-14,22H,6,11-12H2,1-5H3/p+1/t22-/m1/s1. The molecule has 1 aromatic heterocycles. The predicted molar refractivity (Wildman–Crippen MR) is 125 cm³/mol. The van der Waals surface area contributed by atoms with Gasteiger partial charge in [-0.3, -0.25) is 9.59 Å². The van der Waals surface area contributed by atoms with Gasteiger partial charge < -0.3 is 19.0 Å². The summed E-state index contributed by atoms with van der Waals surface area (Å²) in [5.41, 5.74) is 3.74. The molecule has 33 heavy (non-hydrogen) atoms. The molecule has 1 aliphatic heterocycles. The zero-order chi connectivity index (χ0) is 23.9. The number of aryl methyl sites for hydroxylation is 2. The molecular formula is C26H29N2O5+. The maximum absolute atomic E-state index is 13.6. The molecule has 2 aromatic carbocycles. The van der Waals surface area contributed by atoms with Crippen molar-refractivity contribution in [3.05, 3.63) is 80.2 Å². The first kappa shape index (κ1) is 22.7. The lowest BCUT2D eigenvalue weighted by atomic mass is 9.96. The molecule has 7 heteroatoms. The predicted octanol–water partition coefficient (Wildman–Crippen LogP) is 2.28. The summed E-state index contributed by atoms with van der Waals surface area (Å²) in [5, 5.41) is 0.473. The van der Waals surface area contributed by atoms with Crippen molar-refractivity contribution in [1.82, 2.24) is 4.90 Å². The quantitative estimate of drug-likeness (QED) is 0.584. The highest BCUT2D eigenvalue weighted by molar-refractivity contribution is 5.99. The summed E-state index contributed by atoms with van der Waals surface area (Å²) in [6.07, 6.45) is 0.782. The van der Waals surface area contributed by atoms with Crippen molar-refractivity contribution in [2.24, 2.45) is 0 Å². The van der Waals surface area contributed by atoms with Crippen LogP contribution in [0.4, 0.5) is 0 Å². The minimum Gasteiger partial charge on any atom is -0.465 e. The maximum Gasteiger partial charge on any atom is 0.337 e. The first-order valence-electron chi connectivity index (χ1n) is 11.1. The minimum absolute atomic E-state index is 0.106. The third kappa shape index (κ3) is 4.04. The van der Waals surface area contributed by atoms with E-state index in [9.17, 15) is 14.4 Å². The summed E-state index contributed by atoms with van der Waals surface area (Å²) >= 11 is 0. The highest BCUT2D eigenvalue weighted by atomic mass is 16.5. The Hall–Kier alpha value is -3.45. The van der Waals surface area contributed by atoms with E-state index in [4.69, 9.17) is 9.15 Å². The second-order valence-corrected chi connectivity index (χ2v) is 8.93. The Bertz CT molecular complexity index is 1290. The number of hydrogen-bond acceptors (Lipinski definition) is 5. The SMILES string of the molecule is COC(=O)c1ccc([C@@H]2c3c(oc4cc(C)c(C)cc4c3=O)C(=O)N2CCC[NH+](C)C)cc1. The van der Waals surface area contributed by atoms with Crippen molar-refractivity contribution < 1.29 is 23.6 Å². The lowest BCUT2D eigenvalue weighted by Crippen LogP contribution is -3.05. The van der Waals surface area contributed by atoms with Gasteiger partial charge in [-0.2, -0.15) is 0 Å². The third-order valence-electron chi connectivity index (χ3n) is 6.31. The number of ether oxygens (including phenoxy) is 1. The van der Waals surface area contributed by atoms with E-state index < -0.39 is 12.0 Å². The fourth-order valence-electron chi connectivity index (χ4n) is 4.38. The van der Waals surface area contributed by atoms with Gasteiger partial charge in [-0.25, -0.2) is 4.79 Å². The van der Waals surface area contributed by atoms with Crippen molar-refractivity contribution in [2.75, 3.05) is 34.3 Å². The molecule has 0 bridgehead atoms. The lowest BCUT2D eigenvalue weighted by molar-refractivity contribution is -0.858. The normalized spacial score (nSPS) is 15.4. The van der Waals surface area contributed by atoms with Crippen LogP contribution in [0.2, 0.25) is 0 Å². The number of methoxy groups -OCH3 is 1. The molecule has 4 rings (SSSR count). The summed E-state index contributed by atoms with van der Waals surface area (Å²) in [6, 6.07) is 9.93. The van der Waals surface area contributed by atoms with Crippen molar-refractivity contribution in [3.8, 4) is 0 Å². The molecule has 0 fully saturated rings. The topological polar surface area (TPSA) is 81.3 Å². The highest BCUT2D eigenvalue weighted by Crippen LogP contribution is 2.38. The average Bonchev–Trinajstić information content (AvgIpc) is 3.06. The van der Waals surface area contributed by atoms with E-state index in [1.54, 1.807) is 29.2 Å². The van der Waals surface area contributed by atoms with Gasteiger partial charge >= 0.3 is 5.97 Å². The third-order valence-corrected chi connectivity index (χ3v) is 6.31. The van der Waals surface area contributed by atoms with Crippen LogP contribution in [0.3, 0.4) is 0 Å². The van der Waals surface area contributed by atoms with E-state index in [0.29, 0.717) is 28.6 Å². The van der Waals surface area contributed by atoms with Gasteiger partial charge in [-0.1, -0.05) is 12.1 Å². The van der Waals surface area contributed by atoms with Crippen LogP contribution in [0.25, 0.3) is 11.0 Å². The number of fused-ring (bicyclic) bond motifs is 2. The number of esters is 1. The summed E-state index contributed by atoms with van der Waals surface area (Å²) in [7, 11) is 5.45. The van der Waals surface area contributed by atoms with Crippen molar-refractivity contribution in [3.63, 3.8) is 0 Å². The molecule has 3 aromatic rings. The summed E-state index contributed by atoms with van der Waals surface area (Å²) in [6.45, 7) is 5.28. The highest BCUT2D eigenvalue weighted by Gasteiger charge is 2.42. The van der Waals surface area contributed by atoms with Crippen LogP contribution in [0, 0.1) is 13.8 Å². The van der Waals surface area contributed by atoms with Crippen molar-refractivity contribution in [1.29, 1.82) is 0 Å². The van der Waals surface area contributed by atoms with Crippen LogP contribution < -0.4 is 10.3 Å². The molecule has 2 heterocycles. The molecule has 0 radical (unpaired) electrons. The van der Waals surface area contributed by atoms with E-state index in [1.165, 1.54) is 12.0 Å². The molecule has 1 aliphatic rings. The van der Waals surface area contributed by atoms with Crippen LogP contribution in [-0.4, -0.2) is 51.1 Å². The number of hydrogen-bond donors (Lipinski definition) is 1. The number of benzene rings is 2. The van der Waals surface area contributed by atoms with Gasteiger partial charge in [0.1, 0.15) is 5.58 Å². The van der Waals surface area contributed by atoms with E-state index in [-0.39, 0.29) is 17.1 Å². The Morgan fingerprint density at radius 3 is 2.39 bits per heavy atom. The van der Waals surface area contributed by atoms with Gasteiger partial charge in [0.2, 0.25) is 5.76 Å². The van der Waals surface area contributed by atoms with Crippen molar-refractivity contribution in [2.45, 2.75) is 26.3 Å². The molecule has 1 atom stereocenters. The van der Waals surface area contributed by atoms with Gasteiger partial charge in [-0.15, -0.1) is 0 Å². The smallest absolute Gasteiger partial charge is 0.337 e. The Morgan fingerprint density at radius 1 is 1.09 bits per heavy atom. The summed E-state index contributed by atoms with van der Waals surface area (Å²) < 4.78 is 10.8. The van der Waals surface area contributed by atoms with Gasteiger partial charge in [0.05, 0.1) is 50.3 Å². The molecule has 1 N–H and O–H groups in total. The second-order valence-electron chi connectivity index (χ2n) is 8.93. The minimum atomic E-state index is -0.571. The Balaban J connectivity index is 1.87. The number of nitrogens with one attached hydrogen (secondary N) is 1. The Morgan fingerprint density at radius 2 is 1.76 bits per heavy atom. The van der Waals surface area contributed by atoms with Gasteiger partial charge in [-0.05, 0) is 54.8 Å². The number of quaternary nitrogens is 1. The first-order valence-corrected chi connectivity index (χ1v) is 11.1. The molecule has 0 unspecified atom stereocenters. The lowest BCUT2D eigenvalue weighted by Gasteiger charge is -2.25. The van der Waals surface area contributed by atoms with Crippen molar-refractivity contribution >= 4 is 22.8 Å². The molecule has 7 nitrogen and oxygen atoms in total. The van der Waals surface area contributed by atoms with E-state index in [2.05, 4.69) is 14.1 Å². The van der Waals surface area contributed by atoms with Gasteiger partial charge in [0.15, 0.2) is 5.43 Å². The zero-order valence-electron chi connectivity index (χ0n) is 19.7. The molecular weight excluding hydrogens is 420 g/mol. The van der Waals surface area contributed by atoms with E-state index in [1.807, 2.05) is 26.0 Å². The Kier molecular flexibility index (Phi) is 6.08. The van der Waals surface area contributed by atoms with Crippen LogP contribution in [0.5, 0.6) is 0 Å². The molecule has 0 spiro atoms. The van der Waals surface area contributed by atoms with E-state index >= 15 is 0 Å². The van der Waals surface area contributed by atoms with Crippen LogP contribution in [0.1, 0.15) is 55.6 Å². The molecule has 0 saturated heterocycles. The number of nitrogens with zero attached hydrogens (tertiary/aromatic N) is 1.